The average molecular weight is 433 g/mol. The van der Waals surface area contributed by atoms with Gasteiger partial charge in [0.05, 0.1) is 11.4 Å². The molecule has 10 heteroatoms. The number of hydrogen-bond donors (Lipinski definition) is 1. The Morgan fingerprint density at radius 3 is 2.57 bits per heavy atom. The molecule has 0 saturated carbocycles. The smallest absolute Gasteiger partial charge is 0.238 e. The fourth-order valence-electron chi connectivity index (χ4n) is 3.51. The number of alkyl halides is 1. The highest BCUT2D eigenvalue weighted by Gasteiger charge is 2.24. The Morgan fingerprint density at radius 2 is 1.93 bits per heavy atom. The van der Waals surface area contributed by atoms with Crippen LogP contribution in [0.1, 0.15) is 23.6 Å². The summed E-state index contributed by atoms with van der Waals surface area (Å²) in [6.45, 7) is 1.28. The molecule has 0 bridgehead atoms. The monoisotopic (exact) mass is 433 g/mol. The van der Waals surface area contributed by atoms with Crippen LogP contribution in [-0.2, 0) is 23.0 Å². The minimum atomic E-state index is -4.03. The summed E-state index contributed by atoms with van der Waals surface area (Å²) in [6, 6.07) is 12.9. The number of halogens is 2. The molecule has 7 nitrogen and oxygen atoms in total. The van der Waals surface area contributed by atoms with Crippen molar-refractivity contribution in [1.82, 2.24) is 19.7 Å². The summed E-state index contributed by atoms with van der Waals surface area (Å²) < 4.78 is 52.7. The Morgan fingerprint density at radius 1 is 1.17 bits per heavy atom. The van der Waals surface area contributed by atoms with Gasteiger partial charge in [0.2, 0.25) is 10.0 Å². The van der Waals surface area contributed by atoms with Crippen LogP contribution >= 0.6 is 0 Å². The highest BCUT2D eigenvalue weighted by atomic mass is 32.2. The second kappa shape index (κ2) is 8.21. The van der Waals surface area contributed by atoms with Crippen LogP contribution in [0.2, 0.25) is 0 Å². The van der Waals surface area contributed by atoms with E-state index in [0.29, 0.717) is 44.1 Å². The lowest BCUT2D eigenvalue weighted by molar-refractivity contribution is 0.277. The summed E-state index contributed by atoms with van der Waals surface area (Å²) in [7, 11) is -4.03. The number of aromatic nitrogens is 3. The molecule has 158 valence electrons. The normalized spacial score (nSPS) is 17.5. The van der Waals surface area contributed by atoms with Crippen molar-refractivity contribution in [2.45, 2.75) is 30.5 Å². The van der Waals surface area contributed by atoms with Crippen LogP contribution < -0.4 is 5.14 Å². The molecule has 1 aromatic heterocycles. The molecule has 0 aliphatic carbocycles. The topological polar surface area (TPSA) is 94.1 Å². The second-order valence-corrected chi connectivity index (χ2v) is 8.86. The van der Waals surface area contributed by atoms with Gasteiger partial charge in [0.15, 0.2) is 5.82 Å². The quantitative estimate of drug-likeness (QED) is 0.643. The number of primary sulfonamides is 1. The van der Waals surface area contributed by atoms with Gasteiger partial charge in [-0.1, -0.05) is 30.3 Å². The molecule has 0 spiro atoms. The van der Waals surface area contributed by atoms with Gasteiger partial charge in [-0.3, -0.25) is 4.90 Å². The van der Waals surface area contributed by atoms with Crippen molar-refractivity contribution < 1.29 is 17.2 Å². The third-order valence-electron chi connectivity index (χ3n) is 4.98. The molecule has 0 amide bonds. The summed E-state index contributed by atoms with van der Waals surface area (Å²) in [5.74, 6) is 0.164. The highest BCUT2D eigenvalue weighted by Crippen LogP contribution is 2.21. The average Bonchev–Trinajstić information content (AvgIpc) is 3.28. The van der Waals surface area contributed by atoms with E-state index in [1.807, 2.05) is 35.2 Å². The summed E-state index contributed by atoms with van der Waals surface area (Å²) in [5, 5.41) is 9.53. The molecule has 2 N–H and O–H groups in total. The summed E-state index contributed by atoms with van der Waals surface area (Å²) >= 11 is 0. The Hall–Kier alpha value is -2.69. The lowest BCUT2D eigenvalue weighted by atomic mass is 10.1. The number of nitrogens with zero attached hydrogens (tertiary/aromatic N) is 4. The number of sulfonamides is 1. The Bertz CT molecular complexity index is 1150. The Balaban J connectivity index is 1.71. The van der Waals surface area contributed by atoms with Crippen molar-refractivity contribution in [3.63, 3.8) is 0 Å². The Labute approximate surface area is 173 Å². The van der Waals surface area contributed by atoms with E-state index in [-0.39, 0.29) is 10.6 Å². The molecule has 2 heterocycles. The molecule has 1 fully saturated rings. The van der Waals surface area contributed by atoms with Gasteiger partial charge in [0, 0.05) is 19.5 Å². The van der Waals surface area contributed by atoms with Crippen molar-refractivity contribution >= 4 is 10.0 Å². The van der Waals surface area contributed by atoms with Crippen LogP contribution in [-0.4, -0.2) is 47.3 Å². The van der Waals surface area contributed by atoms with Gasteiger partial charge in [-0.2, -0.15) is 0 Å². The number of benzene rings is 2. The van der Waals surface area contributed by atoms with Crippen LogP contribution in [0, 0.1) is 5.82 Å². The molecule has 3 aromatic rings. The molecule has 0 radical (unpaired) electrons. The van der Waals surface area contributed by atoms with E-state index in [0.717, 1.165) is 11.6 Å². The first-order valence-corrected chi connectivity index (χ1v) is 11.0. The van der Waals surface area contributed by atoms with Crippen molar-refractivity contribution in [2.24, 2.45) is 5.14 Å². The summed E-state index contributed by atoms with van der Waals surface area (Å²) in [4.78, 5) is 6.15. The minimum Gasteiger partial charge on any atom is -0.293 e. The second-order valence-electron chi connectivity index (χ2n) is 7.30. The molecule has 1 saturated heterocycles. The van der Waals surface area contributed by atoms with Gasteiger partial charge >= 0.3 is 0 Å². The maximum Gasteiger partial charge on any atom is 0.238 e. The van der Waals surface area contributed by atoms with Gasteiger partial charge in [0.25, 0.3) is 0 Å². The third kappa shape index (κ3) is 4.55. The molecule has 30 heavy (non-hydrogen) atoms. The van der Waals surface area contributed by atoms with E-state index in [1.165, 1.54) is 16.8 Å². The zero-order chi connectivity index (χ0) is 21.3. The first-order valence-electron chi connectivity index (χ1n) is 9.47. The lowest BCUT2D eigenvalue weighted by Gasteiger charge is -2.11. The van der Waals surface area contributed by atoms with Gasteiger partial charge in [-0.05, 0) is 30.2 Å². The SMILES string of the molecule is NS(=O)(=O)c1ccc(-n2nc(CN3CC[C@@H](F)C3)nc2Cc2ccccc2)c(F)c1. The zero-order valence-corrected chi connectivity index (χ0v) is 16.9. The van der Waals surface area contributed by atoms with Crippen LogP contribution in [0.25, 0.3) is 5.69 Å². The third-order valence-corrected chi connectivity index (χ3v) is 5.89. The predicted octanol–water partition coefficient (Wildman–Crippen LogP) is 2.19. The fourth-order valence-corrected chi connectivity index (χ4v) is 4.04. The van der Waals surface area contributed by atoms with Crippen LogP contribution in [0.5, 0.6) is 0 Å². The molecular formula is C20H21F2N5O2S. The van der Waals surface area contributed by atoms with E-state index in [4.69, 9.17) is 5.14 Å². The van der Waals surface area contributed by atoms with Crippen molar-refractivity contribution in [3.8, 4) is 5.69 Å². The molecule has 0 unspecified atom stereocenters. The number of rotatable bonds is 6. The maximum atomic E-state index is 14.8. The van der Waals surface area contributed by atoms with Gasteiger partial charge in [-0.15, -0.1) is 5.10 Å². The molecule has 1 aliphatic heterocycles. The van der Waals surface area contributed by atoms with E-state index in [9.17, 15) is 17.2 Å². The molecular weight excluding hydrogens is 412 g/mol. The lowest BCUT2D eigenvalue weighted by Crippen LogP contribution is -2.21. The molecule has 1 aliphatic rings. The van der Waals surface area contributed by atoms with Gasteiger partial charge in [-0.25, -0.2) is 32.0 Å². The number of nitrogens with two attached hydrogens (primary N) is 1. The van der Waals surface area contributed by atoms with Crippen molar-refractivity contribution in [1.29, 1.82) is 0 Å². The number of hydrogen-bond acceptors (Lipinski definition) is 5. The minimum absolute atomic E-state index is 0.0665. The standard InChI is InChI=1S/C20H21F2N5O2S/c21-15-8-9-26(12-15)13-19-24-20(10-14-4-2-1-3-5-14)27(25-19)18-7-6-16(11-17(18)22)30(23,28)29/h1-7,11,15H,8-10,12-13H2,(H2,23,28,29)/t15-/m1/s1. The first kappa shape index (κ1) is 20.6. The summed E-state index contributed by atoms with van der Waals surface area (Å²) in [6.07, 6.45) is 0.0102. The van der Waals surface area contributed by atoms with Crippen LogP contribution in [0.15, 0.2) is 53.4 Å². The molecule has 2 aromatic carbocycles. The molecule has 4 rings (SSSR count). The largest absolute Gasteiger partial charge is 0.293 e. The fraction of sp³-hybridized carbons (Fsp3) is 0.300. The first-order chi connectivity index (χ1) is 14.3. The highest BCUT2D eigenvalue weighted by molar-refractivity contribution is 7.89. The maximum absolute atomic E-state index is 14.8. The molecule has 1 atom stereocenters. The van der Waals surface area contributed by atoms with E-state index in [1.54, 1.807) is 0 Å². The van der Waals surface area contributed by atoms with E-state index >= 15 is 0 Å². The van der Waals surface area contributed by atoms with Crippen LogP contribution in [0.4, 0.5) is 8.78 Å². The van der Waals surface area contributed by atoms with E-state index in [2.05, 4.69) is 10.1 Å². The van der Waals surface area contributed by atoms with Crippen molar-refractivity contribution in [3.05, 3.63) is 71.6 Å². The predicted molar refractivity (Wildman–Crippen MR) is 107 cm³/mol. The van der Waals surface area contributed by atoms with Gasteiger partial charge < -0.3 is 0 Å². The van der Waals surface area contributed by atoms with E-state index < -0.39 is 22.0 Å². The van der Waals surface area contributed by atoms with Crippen LogP contribution in [0.3, 0.4) is 0 Å². The summed E-state index contributed by atoms with van der Waals surface area (Å²) in [5.41, 5.74) is 1.03. The van der Waals surface area contributed by atoms with Crippen molar-refractivity contribution in [2.75, 3.05) is 13.1 Å². The Kier molecular flexibility index (Phi) is 5.63. The van der Waals surface area contributed by atoms with Gasteiger partial charge in [0.1, 0.15) is 23.5 Å². The number of likely N-dealkylation sites (tertiary alicyclic amines) is 1. The zero-order valence-electron chi connectivity index (χ0n) is 16.1.